The molecular weight excluding hydrogens is 280 g/mol. The Morgan fingerprint density at radius 2 is 2.09 bits per heavy atom. The SMILES string of the molecule is CCCN1C(=O)[C@]2(CC(=O)Nc3[nH]ncc32)c2ccccc21. The quantitative estimate of drug-likeness (QED) is 0.887. The molecule has 2 amide bonds. The Kier molecular flexibility index (Phi) is 2.63. The van der Waals surface area contributed by atoms with E-state index in [0.717, 1.165) is 23.2 Å². The van der Waals surface area contributed by atoms with Crippen molar-refractivity contribution in [3.05, 3.63) is 41.6 Å². The molecule has 0 saturated carbocycles. The summed E-state index contributed by atoms with van der Waals surface area (Å²) in [7, 11) is 0. The van der Waals surface area contributed by atoms with Gasteiger partial charge in [-0.3, -0.25) is 14.7 Å². The number of aromatic amines is 1. The summed E-state index contributed by atoms with van der Waals surface area (Å²) >= 11 is 0. The van der Waals surface area contributed by atoms with Crippen LogP contribution in [0.15, 0.2) is 30.5 Å². The zero-order chi connectivity index (χ0) is 15.3. The van der Waals surface area contributed by atoms with Crippen LogP contribution in [-0.4, -0.2) is 28.6 Å². The summed E-state index contributed by atoms with van der Waals surface area (Å²) in [5, 5.41) is 9.57. The molecule has 1 aromatic carbocycles. The summed E-state index contributed by atoms with van der Waals surface area (Å²) < 4.78 is 0. The molecule has 1 spiro atoms. The van der Waals surface area contributed by atoms with E-state index in [9.17, 15) is 9.59 Å². The van der Waals surface area contributed by atoms with Crippen LogP contribution in [0.3, 0.4) is 0 Å². The number of nitrogens with one attached hydrogen (secondary N) is 2. The van der Waals surface area contributed by atoms with Gasteiger partial charge in [0.1, 0.15) is 11.2 Å². The van der Waals surface area contributed by atoms with Gasteiger partial charge in [0, 0.05) is 24.2 Å². The molecule has 3 heterocycles. The fourth-order valence-electron chi connectivity index (χ4n) is 3.63. The third-order valence-corrected chi connectivity index (χ3v) is 4.50. The van der Waals surface area contributed by atoms with E-state index >= 15 is 0 Å². The highest BCUT2D eigenvalue weighted by Crippen LogP contribution is 2.51. The Hall–Kier alpha value is -2.63. The summed E-state index contributed by atoms with van der Waals surface area (Å²) in [6, 6.07) is 7.73. The molecular formula is C16H16N4O2. The number of amides is 2. The molecule has 2 N–H and O–H groups in total. The lowest BCUT2D eigenvalue weighted by molar-refractivity contribution is -0.126. The monoisotopic (exact) mass is 296 g/mol. The number of carbonyl (C=O) groups excluding carboxylic acids is 2. The highest BCUT2D eigenvalue weighted by atomic mass is 16.2. The topological polar surface area (TPSA) is 78.1 Å². The summed E-state index contributed by atoms with van der Waals surface area (Å²) in [4.78, 5) is 27.2. The van der Waals surface area contributed by atoms with Gasteiger partial charge in [-0.25, -0.2) is 0 Å². The van der Waals surface area contributed by atoms with E-state index in [1.165, 1.54) is 0 Å². The zero-order valence-electron chi connectivity index (χ0n) is 12.2. The van der Waals surface area contributed by atoms with E-state index in [-0.39, 0.29) is 18.2 Å². The average molecular weight is 296 g/mol. The molecule has 22 heavy (non-hydrogen) atoms. The largest absolute Gasteiger partial charge is 0.311 e. The Bertz CT molecular complexity index is 782. The summed E-state index contributed by atoms with van der Waals surface area (Å²) in [5.74, 6) is 0.323. The number of rotatable bonds is 2. The van der Waals surface area contributed by atoms with Gasteiger partial charge in [-0.1, -0.05) is 25.1 Å². The first-order valence-electron chi connectivity index (χ1n) is 7.43. The lowest BCUT2D eigenvalue weighted by atomic mass is 9.72. The average Bonchev–Trinajstić information content (AvgIpc) is 3.06. The van der Waals surface area contributed by atoms with Crippen LogP contribution in [0.2, 0.25) is 0 Å². The molecule has 6 heteroatoms. The molecule has 0 aliphatic carbocycles. The Balaban J connectivity index is 2.00. The number of aromatic nitrogens is 2. The number of H-pyrrole nitrogens is 1. The van der Waals surface area contributed by atoms with E-state index in [0.29, 0.717) is 12.4 Å². The zero-order valence-corrected chi connectivity index (χ0v) is 12.2. The fourth-order valence-corrected chi connectivity index (χ4v) is 3.63. The predicted octanol–water partition coefficient (Wildman–Crippen LogP) is 1.79. The van der Waals surface area contributed by atoms with E-state index < -0.39 is 5.41 Å². The van der Waals surface area contributed by atoms with Gasteiger partial charge in [-0.2, -0.15) is 5.10 Å². The Morgan fingerprint density at radius 1 is 1.27 bits per heavy atom. The lowest BCUT2D eigenvalue weighted by Crippen LogP contribution is -2.46. The minimum absolute atomic E-state index is 0.0342. The first-order chi connectivity index (χ1) is 10.7. The lowest BCUT2D eigenvalue weighted by Gasteiger charge is -2.31. The number of anilines is 2. The molecule has 0 radical (unpaired) electrons. The predicted molar refractivity (Wildman–Crippen MR) is 81.7 cm³/mol. The van der Waals surface area contributed by atoms with Crippen molar-refractivity contribution in [1.82, 2.24) is 10.2 Å². The van der Waals surface area contributed by atoms with Crippen molar-refractivity contribution in [1.29, 1.82) is 0 Å². The minimum Gasteiger partial charge on any atom is -0.311 e. The standard InChI is InChI=1S/C16H16N4O2/c1-2-7-20-12-6-4-3-5-10(12)16(15(20)22)8-13(21)18-14-11(16)9-17-19-14/h3-6,9H,2,7-8H2,1H3,(H2,17,18,19,21)/t16-/m1/s1. The molecule has 4 rings (SSSR count). The molecule has 2 aliphatic rings. The second-order valence-electron chi connectivity index (χ2n) is 5.76. The number of hydrogen-bond donors (Lipinski definition) is 2. The maximum atomic E-state index is 13.2. The molecule has 6 nitrogen and oxygen atoms in total. The van der Waals surface area contributed by atoms with Crippen LogP contribution < -0.4 is 10.2 Å². The number of fused-ring (bicyclic) bond motifs is 4. The number of hydrogen-bond acceptors (Lipinski definition) is 3. The molecule has 0 bridgehead atoms. The molecule has 1 atom stereocenters. The third-order valence-electron chi connectivity index (χ3n) is 4.50. The number of para-hydroxylation sites is 1. The second-order valence-corrected chi connectivity index (χ2v) is 5.76. The van der Waals surface area contributed by atoms with Crippen LogP contribution in [0, 0.1) is 0 Å². The van der Waals surface area contributed by atoms with Crippen molar-refractivity contribution in [3.8, 4) is 0 Å². The van der Waals surface area contributed by atoms with E-state index in [4.69, 9.17) is 0 Å². The third kappa shape index (κ3) is 1.46. The van der Waals surface area contributed by atoms with E-state index in [2.05, 4.69) is 15.5 Å². The van der Waals surface area contributed by atoms with Gasteiger partial charge in [0.05, 0.1) is 6.20 Å². The molecule has 0 fully saturated rings. The van der Waals surface area contributed by atoms with Crippen molar-refractivity contribution < 1.29 is 9.59 Å². The highest BCUT2D eigenvalue weighted by Gasteiger charge is 2.56. The summed E-state index contributed by atoms with van der Waals surface area (Å²) in [6.45, 7) is 2.68. The first kappa shape index (κ1) is 13.1. The van der Waals surface area contributed by atoms with E-state index in [1.54, 1.807) is 11.1 Å². The second kappa shape index (κ2) is 4.43. The van der Waals surface area contributed by atoms with Crippen LogP contribution in [-0.2, 0) is 15.0 Å². The van der Waals surface area contributed by atoms with Crippen LogP contribution >= 0.6 is 0 Å². The molecule has 0 unspecified atom stereocenters. The van der Waals surface area contributed by atoms with Crippen LogP contribution in [0.5, 0.6) is 0 Å². The summed E-state index contributed by atoms with van der Waals surface area (Å²) in [5.41, 5.74) is 1.60. The van der Waals surface area contributed by atoms with Gasteiger partial charge in [0.2, 0.25) is 11.8 Å². The maximum absolute atomic E-state index is 13.2. The minimum atomic E-state index is -0.948. The van der Waals surface area contributed by atoms with Gasteiger partial charge in [-0.05, 0) is 18.1 Å². The molecule has 112 valence electrons. The summed E-state index contributed by atoms with van der Waals surface area (Å²) in [6.07, 6.45) is 2.63. The van der Waals surface area contributed by atoms with Crippen molar-refractivity contribution in [2.45, 2.75) is 25.2 Å². The van der Waals surface area contributed by atoms with Gasteiger partial charge in [0.15, 0.2) is 0 Å². The van der Waals surface area contributed by atoms with Crippen molar-refractivity contribution in [3.63, 3.8) is 0 Å². The molecule has 0 saturated heterocycles. The Morgan fingerprint density at radius 3 is 2.91 bits per heavy atom. The van der Waals surface area contributed by atoms with Gasteiger partial charge < -0.3 is 10.2 Å². The highest BCUT2D eigenvalue weighted by molar-refractivity contribution is 6.15. The fraction of sp³-hybridized carbons (Fsp3) is 0.312. The molecule has 1 aromatic heterocycles. The number of carbonyl (C=O) groups is 2. The normalized spacial score (nSPS) is 22.7. The first-order valence-corrected chi connectivity index (χ1v) is 7.43. The van der Waals surface area contributed by atoms with Gasteiger partial charge in [-0.15, -0.1) is 0 Å². The molecule has 2 aromatic rings. The van der Waals surface area contributed by atoms with Crippen molar-refractivity contribution in [2.75, 3.05) is 16.8 Å². The number of benzene rings is 1. The Labute approximate surface area is 127 Å². The number of nitrogens with zero attached hydrogens (tertiary/aromatic N) is 2. The smallest absolute Gasteiger partial charge is 0.242 e. The maximum Gasteiger partial charge on any atom is 0.242 e. The van der Waals surface area contributed by atoms with Gasteiger partial charge >= 0.3 is 0 Å². The van der Waals surface area contributed by atoms with E-state index in [1.807, 2.05) is 31.2 Å². The van der Waals surface area contributed by atoms with Crippen LogP contribution in [0.1, 0.15) is 30.9 Å². The van der Waals surface area contributed by atoms with Crippen LogP contribution in [0.25, 0.3) is 0 Å². The van der Waals surface area contributed by atoms with Gasteiger partial charge in [0.25, 0.3) is 0 Å². The molecule has 2 aliphatic heterocycles. The van der Waals surface area contributed by atoms with Crippen molar-refractivity contribution >= 4 is 23.3 Å². The van der Waals surface area contributed by atoms with Crippen molar-refractivity contribution in [2.24, 2.45) is 0 Å². The van der Waals surface area contributed by atoms with Crippen LogP contribution in [0.4, 0.5) is 11.5 Å².